The van der Waals surface area contributed by atoms with Crippen molar-refractivity contribution < 1.29 is 9.53 Å². The van der Waals surface area contributed by atoms with Crippen LogP contribution in [0.15, 0.2) is 10.4 Å². The molecule has 0 fully saturated rings. The van der Waals surface area contributed by atoms with Crippen LogP contribution in [0.2, 0.25) is 0 Å². The number of nitrogens with zero attached hydrogens (tertiary/aromatic N) is 2. The molecular formula is C13H19N3O2S2. The van der Waals surface area contributed by atoms with Crippen molar-refractivity contribution >= 4 is 34.2 Å². The number of amides is 1. The molecule has 0 aliphatic carbocycles. The molecule has 0 spiro atoms. The van der Waals surface area contributed by atoms with Gasteiger partial charge < -0.3 is 10.1 Å². The summed E-state index contributed by atoms with van der Waals surface area (Å²) in [5.41, 5.74) is 0.425. The highest BCUT2D eigenvalue weighted by molar-refractivity contribution is 8.14. The minimum absolute atomic E-state index is 0.361. The third kappa shape index (κ3) is 4.49. The molecule has 1 amide bonds. The van der Waals surface area contributed by atoms with E-state index in [9.17, 15) is 4.79 Å². The van der Waals surface area contributed by atoms with E-state index in [-0.39, 0.29) is 0 Å². The molecule has 0 bridgehead atoms. The fraction of sp³-hybridized carbons (Fsp3) is 0.615. The number of rotatable bonds is 3. The van der Waals surface area contributed by atoms with Gasteiger partial charge in [-0.05, 0) is 27.7 Å². The fourth-order valence-electron chi connectivity index (χ4n) is 1.57. The lowest BCUT2D eigenvalue weighted by Gasteiger charge is -2.19. The predicted octanol–water partition coefficient (Wildman–Crippen LogP) is 3.05. The minimum atomic E-state index is -0.483. The second kappa shape index (κ2) is 6.13. The lowest BCUT2D eigenvalue weighted by molar-refractivity contribution is 0.0523. The molecule has 5 nitrogen and oxygen atoms in total. The quantitative estimate of drug-likeness (QED) is 0.931. The summed E-state index contributed by atoms with van der Waals surface area (Å²) in [7, 11) is 0. The number of aromatic nitrogens is 1. The van der Waals surface area contributed by atoms with Gasteiger partial charge in [-0.3, -0.25) is 4.99 Å². The highest BCUT2D eigenvalue weighted by Gasteiger charge is 2.19. The van der Waals surface area contributed by atoms with Crippen molar-refractivity contribution in [2.75, 3.05) is 5.75 Å². The van der Waals surface area contributed by atoms with Crippen molar-refractivity contribution in [2.24, 2.45) is 4.99 Å². The van der Waals surface area contributed by atoms with Gasteiger partial charge in [-0.25, -0.2) is 9.78 Å². The van der Waals surface area contributed by atoms with Gasteiger partial charge in [0.15, 0.2) is 0 Å². The monoisotopic (exact) mass is 313 g/mol. The van der Waals surface area contributed by atoms with E-state index >= 15 is 0 Å². The van der Waals surface area contributed by atoms with Gasteiger partial charge in [0.25, 0.3) is 0 Å². The minimum Gasteiger partial charge on any atom is -0.444 e. The maximum absolute atomic E-state index is 11.6. The molecule has 0 aromatic carbocycles. The Bertz CT molecular complexity index is 520. The van der Waals surface area contributed by atoms with Gasteiger partial charge in [0.05, 0.1) is 12.6 Å². The van der Waals surface area contributed by atoms with E-state index in [1.54, 1.807) is 11.8 Å². The molecule has 0 radical (unpaired) electrons. The first kappa shape index (κ1) is 15.3. The summed E-state index contributed by atoms with van der Waals surface area (Å²) in [5.74, 6) is 1.01. The average Bonchev–Trinajstić information content (AvgIpc) is 2.92. The standard InChI is InChI=1S/C13H19N3O2S2/c1-8-6-20-11(15-8)9-7-19-10(16-9)5-14-12(17)18-13(2,3)4/h7-8H,5-6H2,1-4H3,(H,14,17)/t8-/m1/s1. The average molecular weight is 313 g/mol. The van der Waals surface area contributed by atoms with Gasteiger partial charge in [0.1, 0.15) is 21.3 Å². The Labute approximate surface area is 127 Å². The second-order valence-electron chi connectivity index (χ2n) is 5.58. The first-order valence-electron chi connectivity index (χ1n) is 6.46. The van der Waals surface area contributed by atoms with Crippen LogP contribution in [0.4, 0.5) is 4.79 Å². The van der Waals surface area contributed by atoms with E-state index in [0.29, 0.717) is 12.6 Å². The van der Waals surface area contributed by atoms with Gasteiger partial charge in [0, 0.05) is 11.1 Å². The molecule has 1 aromatic heterocycles. The van der Waals surface area contributed by atoms with E-state index in [0.717, 1.165) is 21.5 Å². The van der Waals surface area contributed by atoms with Crippen LogP contribution in [-0.2, 0) is 11.3 Å². The van der Waals surface area contributed by atoms with E-state index < -0.39 is 11.7 Å². The van der Waals surface area contributed by atoms with Crippen LogP contribution in [0.25, 0.3) is 0 Å². The van der Waals surface area contributed by atoms with Crippen molar-refractivity contribution in [3.63, 3.8) is 0 Å². The molecule has 1 aliphatic heterocycles. The highest BCUT2D eigenvalue weighted by Crippen LogP contribution is 2.24. The number of aliphatic imine (C=N–C) groups is 1. The molecule has 2 heterocycles. The number of thioether (sulfide) groups is 1. The molecule has 7 heteroatoms. The Morgan fingerprint density at radius 2 is 2.30 bits per heavy atom. The van der Waals surface area contributed by atoms with Crippen LogP contribution in [0.3, 0.4) is 0 Å². The Balaban J connectivity index is 1.87. The molecule has 2 rings (SSSR count). The SMILES string of the molecule is C[C@@H]1CSC(c2csc(CNC(=O)OC(C)(C)C)n2)=N1. The van der Waals surface area contributed by atoms with Crippen molar-refractivity contribution in [3.05, 3.63) is 16.1 Å². The third-order valence-corrected chi connectivity index (χ3v) is 4.44. The zero-order valence-corrected chi connectivity index (χ0v) is 13.7. The van der Waals surface area contributed by atoms with E-state index in [4.69, 9.17) is 4.74 Å². The van der Waals surface area contributed by atoms with E-state index in [1.165, 1.54) is 11.3 Å². The Morgan fingerprint density at radius 3 is 2.90 bits per heavy atom. The van der Waals surface area contributed by atoms with Crippen LogP contribution in [-0.4, -0.2) is 33.5 Å². The van der Waals surface area contributed by atoms with Crippen molar-refractivity contribution in [1.29, 1.82) is 0 Å². The smallest absolute Gasteiger partial charge is 0.408 e. The topological polar surface area (TPSA) is 63.6 Å². The maximum atomic E-state index is 11.6. The zero-order chi connectivity index (χ0) is 14.8. The fourth-order valence-corrected chi connectivity index (χ4v) is 3.34. The van der Waals surface area contributed by atoms with Crippen LogP contribution >= 0.6 is 23.1 Å². The lowest BCUT2D eigenvalue weighted by Crippen LogP contribution is -2.32. The molecular weight excluding hydrogens is 294 g/mol. The Morgan fingerprint density at radius 1 is 1.55 bits per heavy atom. The van der Waals surface area contributed by atoms with Gasteiger partial charge in [-0.2, -0.15) is 0 Å². The molecule has 0 unspecified atom stereocenters. The molecule has 1 aromatic rings. The van der Waals surface area contributed by atoms with Gasteiger partial charge in [-0.15, -0.1) is 23.1 Å². The first-order chi connectivity index (χ1) is 9.33. The molecule has 0 saturated carbocycles. The Hall–Kier alpha value is -1.08. The second-order valence-corrected chi connectivity index (χ2v) is 7.53. The summed E-state index contributed by atoms with van der Waals surface area (Å²) >= 11 is 3.25. The summed E-state index contributed by atoms with van der Waals surface area (Å²) in [4.78, 5) is 20.6. The summed E-state index contributed by atoms with van der Waals surface area (Å²) in [6.07, 6.45) is -0.421. The summed E-state index contributed by atoms with van der Waals surface area (Å²) in [5, 5.41) is 6.54. The van der Waals surface area contributed by atoms with E-state index in [1.807, 2.05) is 26.2 Å². The zero-order valence-electron chi connectivity index (χ0n) is 12.1. The summed E-state index contributed by atoms with van der Waals surface area (Å²) < 4.78 is 5.18. The first-order valence-corrected chi connectivity index (χ1v) is 8.32. The molecule has 0 saturated heterocycles. The predicted molar refractivity (Wildman–Crippen MR) is 83.6 cm³/mol. The number of thiazole rings is 1. The third-order valence-electron chi connectivity index (χ3n) is 2.35. The number of carbonyl (C=O) groups is 1. The van der Waals surface area contributed by atoms with Crippen LogP contribution < -0.4 is 5.32 Å². The molecule has 1 N–H and O–H groups in total. The highest BCUT2D eigenvalue weighted by atomic mass is 32.2. The molecule has 1 aliphatic rings. The van der Waals surface area contributed by atoms with Crippen molar-refractivity contribution in [2.45, 2.75) is 45.9 Å². The summed E-state index contributed by atoms with van der Waals surface area (Å²) in [6, 6.07) is 0.361. The molecule has 1 atom stereocenters. The van der Waals surface area contributed by atoms with Crippen LogP contribution in [0.1, 0.15) is 38.4 Å². The Kier molecular flexibility index (Phi) is 4.70. The van der Waals surface area contributed by atoms with Crippen LogP contribution in [0, 0.1) is 0 Å². The number of nitrogens with one attached hydrogen (secondary N) is 1. The number of carbonyl (C=O) groups excluding carboxylic acids is 1. The number of hydrogen-bond acceptors (Lipinski definition) is 6. The van der Waals surface area contributed by atoms with E-state index in [2.05, 4.69) is 22.2 Å². The molecule has 110 valence electrons. The number of alkyl carbamates (subject to hydrolysis) is 1. The summed E-state index contributed by atoms with van der Waals surface area (Å²) in [6.45, 7) is 7.99. The van der Waals surface area contributed by atoms with Gasteiger partial charge >= 0.3 is 6.09 Å². The van der Waals surface area contributed by atoms with Crippen LogP contribution in [0.5, 0.6) is 0 Å². The van der Waals surface area contributed by atoms with Gasteiger partial charge in [0.2, 0.25) is 0 Å². The van der Waals surface area contributed by atoms with Crippen molar-refractivity contribution in [3.8, 4) is 0 Å². The lowest BCUT2D eigenvalue weighted by atomic mass is 10.2. The van der Waals surface area contributed by atoms with Crippen molar-refractivity contribution in [1.82, 2.24) is 10.3 Å². The normalized spacial score (nSPS) is 18.8. The largest absolute Gasteiger partial charge is 0.444 e. The number of hydrogen-bond donors (Lipinski definition) is 1. The molecule has 20 heavy (non-hydrogen) atoms. The number of ether oxygens (including phenoxy) is 1. The van der Waals surface area contributed by atoms with Gasteiger partial charge in [-0.1, -0.05) is 0 Å². The maximum Gasteiger partial charge on any atom is 0.408 e.